The van der Waals surface area contributed by atoms with E-state index < -0.39 is 0 Å². The smallest absolute Gasteiger partial charge is 0.195 e. The average molecular weight is 238 g/mol. The molecule has 1 aromatic rings. The van der Waals surface area contributed by atoms with Crippen LogP contribution in [0.4, 0.5) is 0 Å². The Morgan fingerprint density at radius 3 is 2.94 bits per heavy atom. The van der Waals surface area contributed by atoms with Crippen LogP contribution in [0.2, 0.25) is 0 Å². The van der Waals surface area contributed by atoms with Gasteiger partial charge in [0.2, 0.25) is 0 Å². The van der Waals surface area contributed by atoms with Crippen LogP contribution in [0, 0.1) is 0 Å². The predicted molar refractivity (Wildman–Crippen MR) is 61.9 cm³/mol. The first-order valence-corrected chi connectivity index (χ1v) is 5.97. The van der Waals surface area contributed by atoms with E-state index in [0.29, 0.717) is 12.3 Å². The summed E-state index contributed by atoms with van der Waals surface area (Å²) in [5.74, 6) is 0.825. The molecule has 2 heterocycles. The van der Waals surface area contributed by atoms with E-state index in [1.54, 1.807) is 13.2 Å². The molecule has 0 radical (unpaired) electrons. The molecule has 5 heteroatoms. The lowest BCUT2D eigenvalue weighted by atomic mass is 10.2. The molecule has 0 amide bonds. The minimum Gasteiger partial charge on any atom is -0.449 e. The number of carbonyl (C=O) groups is 1. The van der Waals surface area contributed by atoms with Crippen molar-refractivity contribution < 1.29 is 13.9 Å². The number of rotatable bonds is 5. The summed E-state index contributed by atoms with van der Waals surface area (Å²) in [6, 6.07) is 0. The molecule has 17 heavy (non-hydrogen) atoms. The normalized spacial score (nSPS) is 17.2. The molecule has 0 bridgehead atoms. The number of hydrogen-bond donors (Lipinski definition) is 0. The third-order valence-electron chi connectivity index (χ3n) is 2.77. The van der Waals surface area contributed by atoms with E-state index in [-0.39, 0.29) is 5.78 Å². The number of morpholine rings is 1. The Hall–Kier alpha value is -1.20. The topological polar surface area (TPSA) is 55.6 Å². The van der Waals surface area contributed by atoms with Crippen molar-refractivity contribution in [3.63, 3.8) is 0 Å². The van der Waals surface area contributed by atoms with Crippen LogP contribution in [0.3, 0.4) is 0 Å². The second kappa shape index (κ2) is 5.93. The van der Waals surface area contributed by atoms with Crippen LogP contribution in [0.25, 0.3) is 0 Å². The summed E-state index contributed by atoms with van der Waals surface area (Å²) in [5, 5.41) is 0. The quantitative estimate of drug-likeness (QED) is 0.755. The standard InChI is InChI=1S/C12H18N2O3/c1-10(15)8-11-9-17-12(13-11)2-3-14-4-6-16-7-5-14/h9H,2-8H2,1H3. The summed E-state index contributed by atoms with van der Waals surface area (Å²) < 4.78 is 10.6. The van der Waals surface area contributed by atoms with Gasteiger partial charge in [-0.2, -0.15) is 0 Å². The summed E-state index contributed by atoms with van der Waals surface area (Å²) in [5.41, 5.74) is 0.731. The highest BCUT2D eigenvalue weighted by Crippen LogP contribution is 2.06. The molecule has 1 aliphatic heterocycles. The van der Waals surface area contributed by atoms with Crippen LogP contribution in [-0.4, -0.2) is 48.5 Å². The van der Waals surface area contributed by atoms with Gasteiger partial charge in [-0.1, -0.05) is 0 Å². The van der Waals surface area contributed by atoms with Gasteiger partial charge in [0.15, 0.2) is 5.89 Å². The number of hydrogen-bond acceptors (Lipinski definition) is 5. The van der Waals surface area contributed by atoms with E-state index in [2.05, 4.69) is 9.88 Å². The van der Waals surface area contributed by atoms with Gasteiger partial charge in [-0.05, 0) is 6.92 Å². The van der Waals surface area contributed by atoms with Gasteiger partial charge in [0.05, 0.1) is 25.3 Å². The largest absolute Gasteiger partial charge is 0.449 e. The van der Waals surface area contributed by atoms with Gasteiger partial charge in [-0.3, -0.25) is 9.69 Å². The van der Waals surface area contributed by atoms with Gasteiger partial charge in [0.25, 0.3) is 0 Å². The molecule has 0 aliphatic carbocycles. The van der Waals surface area contributed by atoms with Crippen LogP contribution in [0.15, 0.2) is 10.7 Å². The van der Waals surface area contributed by atoms with Crippen LogP contribution >= 0.6 is 0 Å². The number of nitrogens with zero attached hydrogens (tertiary/aromatic N) is 2. The zero-order valence-corrected chi connectivity index (χ0v) is 10.1. The fraction of sp³-hybridized carbons (Fsp3) is 0.667. The molecule has 94 valence electrons. The molecule has 1 fully saturated rings. The minimum atomic E-state index is 0.109. The van der Waals surface area contributed by atoms with Crippen LogP contribution in [0.5, 0.6) is 0 Å². The molecular weight excluding hydrogens is 220 g/mol. The number of ketones is 1. The van der Waals surface area contributed by atoms with Crippen molar-refractivity contribution in [3.8, 4) is 0 Å². The first-order chi connectivity index (χ1) is 8.24. The number of Topliss-reactive ketones (excluding diaryl/α,β-unsaturated/α-hetero) is 1. The number of carbonyl (C=O) groups excluding carboxylic acids is 1. The third kappa shape index (κ3) is 3.94. The van der Waals surface area contributed by atoms with E-state index in [1.807, 2.05) is 0 Å². The van der Waals surface area contributed by atoms with Gasteiger partial charge in [0.1, 0.15) is 12.0 Å². The predicted octanol–water partition coefficient (Wildman–Crippen LogP) is 0.681. The Morgan fingerprint density at radius 2 is 2.24 bits per heavy atom. The zero-order valence-electron chi connectivity index (χ0n) is 10.1. The van der Waals surface area contributed by atoms with Crippen LogP contribution < -0.4 is 0 Å². The summed E-state index contributed by atoms with van der Waals surface area (Å²) in [6.45, 7) is 6.05. The second-order valence-corrected chi connectivity index (χ2v) is 4.32. The Morgan fingerprint density at radius 1 is 1.47 bits per heavy atom. The van der Waals surface area contributed by atoms with Gasteiger partial charge < -0.3 is 9.15 Å². The maximum absolute atomic E-state index is 10.9. The highest BCUT2D eigenvalue weighted by atomic mass is 16.5. The molecule has 0 spiro atoms. The molecule has 1 aromatic heterocycles. The molecule has 1 saturated heterocycles. The van der Waals surface area contributed by atoms with Crippen LogP contribution in [0.1, 0.15) is 18.5 Å². The van der Waals surface area contributed by atoms with Crippen molar-refractivity contribution in [2.45, 2.75) is 19.8 Å². The lowest BCUT2D eigenvalue weighted by Gasteiger charge is -2.25. The Bertz CT molecular complexity index is 370. The van der Waals surface area contributed by atoms with E-state index in [1.165, 1.54) is 0 Å². The average Bonchev–Trinajstić information content (AvgIpc) is 2.75. The zero-order chi connectivity index (χ0) is 12.1. The fourth-order valence-electron chi connectivity index (χ4n) is 1.88. The molecule has 1 aliphatic rings. The maximum Gasteiger partial charge on any atom is 0.195 e. The molecule has 2 rings (SSSR count). The monoisotopic (exact) mass is 238 g/mol. The van der Waals surface area contributed by atoms with Gasteiger partial charge >= 0.3 is 0 Å². The van der Waals surface area contributed by atoms with Crippen molar-refractivity contribution in [1.82, 2.24) is 9.88 Å². The second-order valence-electron chi connectivity index (χ2n) is 4.32. The lowest BCUT2D eigenvalue weighted by Crippen LogP contribution is -2.37. The summed E-state index contributed by atoms with van der Waals surface area (Å²) >= 11 is 0. The van der Waals surface area contributed by atoms with Gasteiger partial charge in [-0.15, -0.1) is 0 Å². The lowest BCUT2D eigenvalue weighted by molar-refractivity contribution is -0.116. The highest BCUT2D eigenvalue weighted by Gasteiger charge is 2.12. The first kappa shape index (κ1) is 12.3. The van der Waals surface area contributed by atoms with E-state index >= 15 is 0 Å². The maximum atomic E-state index is 10.9. The number of oxazole rings is 1. The molecule has 5 nitrogen and oxygen atoms in total. The third-order valence-corrected chi connectivity index (χ3v) is 2.77. The fourth-order valence-corrected chi connectivity index (χ4v) is 1.88. The molecule has 0 unspecified atom stereocenters. The van der Waals surface area contributed by atoms with Crippen molar-refractivity contribution in [2.75, 3.05) is 32.8 Å². The summed E-state index contributed by atoms with van der Waals surface area (Å²) in [6.07, 6.45) is 2.73. The van der Waals surface area contributed by atoms with E-state index in [9.17, 15) is 4.79 Å². The molecule has 0 aromatic carbocycles. The summed E-state index contributed by atoms with van der Waals surface area (Å²) in [7, 11) is 0. The molecule has 0 saturated carbocycles. The number of ether oxygens (including phenoxy) is 1. The van der Waals surface area contributed by atoms with E-state index in [0.717, 1.165) is 45.0 Å². The van der Waals surface area contributed by atoms with Crippen molar-refractivity contribution in [2.24, 2.45) is 0 Å². The Labute approximate surface area is 101 Å². The molecule has 0 atom stereocenters. The van der Waals surface area contributed by atoms with Crippen molar-refractivity contribution >= 4 is 5.78 Å². The van der Waals surface area contributed by atoms with Crippen molar-refractivity contribution in [3.05, 3.63) is 17.8 Å². The molecule has 0 N–H and O–H groups in total. The van der Waals surface area contributed by atoms with Gasteiger partial charge in [0, 0.05) is 26.1 Å². The highest BCUT2D eigenvalue weighted by molar-refractivity contribution is 5.77. The minimum absolute atomic E-state index is 0.109. The van der Waals surface area contributed by atoms with Crippen LogP contribution in [-0.2, 0) is 22.4 Å². The number of aromatic nitrogens is 1. The van der Waals surface area contributed by atoms with Crippen molar-refractivity contribution in [1.29, 1.82) is 0 Å². The van der Waals surface area contributed by atoms with E-state index in [4.69, 9.17) is 9.15 Å². The first-order valence-electron chi connectivity index (χ1n) is 5.97. The molecular formula is C12H18N2O3. The Balaban J connectivity index is 1.78. The van der Waals surface area contributed by atoms with Gasteiger partial charge in [-0.25, -0.2) is 4.98 Å². The SMILES string of the molecule is CC(=O)Cc1coc(CCN2CCOCC2)n1. The summed E-state index contributed by atoms with van der Waals surface area (Å²) in [4.78, 5) is 17.5. The Kier molecular flexibility index (Phi) is 4.28.